The minimum Gasteiger partial charge on any atom is -0.387 e. The first-order valence-electron chi connectivity index (χ1n) is 4.83. The van der Waals surface area contributed by atoms with Gasteiger partial charge in [-0.1, -0.05) is 11.6 Å². The summed E-state index contributed by atoms with van der Waals surface area (Å²) in [5, 5.41) is 19.9. The van der Waals surface area contributed by atoms with Gasteiger partial charge in [-0.05, 0) is 40.5 Å². The van der Waals surface area contributed by atoms with Gasteiger partial charge in [-0.2, -0.15) is 5.26 Å². The molecule has 0 saturated heterocycles. The molecule has 88 valence electrons. The summed E-state index contributed by atoms with van der Waals surface area (Å²) in [4.78, 5) is 0. The van der Waals surface area contributed by atoms with Crippen molar-refractivity contribution < 1.29 is 0 Å². The van der Waals surface area contributed by atoms with Gasteiger partial charge in [0.2, 0.25) is 0 Å². The fraction of sp³-hybridized carbons (Fsp3) is 0.167. The van der Waals surface area contributed by atoms with Crippen molar-refractivity contribution in [2.45, 2.75) is 6.92 Å². The Balaban J connectivity index is 3.61. The first-order chi connectivity index (χ1) is 8.04. The van der Waals surface area contributed by atoms with Gasteiger partial charge in [-0.15, -0.1) is 0 Å². The van der Waals surface area contributed by atoms with Gasteiger partial charge in [-0.25, -0.2) is 0 Å². The molecule has 0 atom stereocenters. The zero-order valence-electron chi connectivity index (χ0n) is 9.44. The Bertz CT molecular complexity index is 529. The molecule has 0 heterocycles. The maximum atomic E-state index is 9.17. The summed E-state index contributed by atoms with van der Waals surface area (Å²) < 4.78 is 0.568. The molecule has 0 aromatic heterocycles. The first-order valence-corrected chi connectivity index (χ1v) is 6.00. The lowest BCUT2D eigenvalue weighted by molar-refractivity contribution is 1.12. The van der Waals surface area contributed by atoms with E-state index in [4.69, 9.17) is 17.0 Å². The Morgan fingerprint density at radius 3 is 2.71 bits per heavy atom. The Morgan fingerprint density at radius 2 is 2.24 bits per heavy atom. The Morgan fingerprint density at radius 1 is 1.59 bits per heavy atom. The van der Waals surface area contributed by atoms with Crippen LogP contribution in [0.2, 0.25) is 5.02 Å². The molecule has 0 aliphatic rings. The number of allylic oxidation sites excluding steroid dienone is 1. The van der Waals surface area contributed by atoms with E-state index in [2.05, 4.69) is 27.3 Å². The van der Waals surface area contributed by atoms with Crippen LogP contribution in [-0.2, 0) is 0 Å². The fourth-order valence-corrected chi connectivity index (χ4v) is 2.23. The molecule has 5 heteroatoms. The molecule has 1 aromatic rings. The number of nitrogens with zero attached hydrogens (tertiary/aromatic N) is 1. The number of benzene rings is 1. The van der Waals surface area contributed by atoms with Gasteiger partial charge < -0.3 is 10.7 Å². The summed E-state index contributed by atoms with van der Waals surface area (Å²) >= 11 is 9.27. The lowest BCUT2D eigenvalue weighted by Gasteiger charge is -2.12. The van der Waals surface area contributed by atoms with Crippen molar-refractivity contribution in [3.05, 3.63) is 38.3 Å². The molecule has 0 radical (unpaired) electrons. The standard InChI is InChI=1S/C12H11BrClN3/c1-7-3-8(14)4-9(10(7)5-15)12(17-2)11(13)6-16/h3-4,6,16-17H,1-2H3/b12-11+,16-6?. The average Bonchev–Trinajstić information content (AvgIpc) is 2.29. The molecule has 0 amide bonds. The minimum atomic E-state index is 0.553. The molecular formula is C12H11BrClN3. The second-order valence-corrected chi connectivity index (χ2v) is 4.67. The zero-order valence-corrected chi connectivity index (χ0v) is 11.8. The van der Waals surface area contributed by atoms with Crippen molar-refractivity contribution in [1.82, 2.24) is 5.32 Å². The van der Waals surface area contributed by atoms with Crippen LogP contribution in [0.25, 0.3) is 5.70 Å². The lowest BCUT2D eigenvalue weighted by atomic mass is 10.0. The van der Waals surface area contributed by atoms with Crippen LogP contribution >= 0.6 is 27.5 Å². The predicted molar refractivity (Wildman–Crippen MR) is 74.6 cm³/mol. The summed E-state index contributed by atoms with van der Waals surface area (Å²) in [5.74, 6) is 0. The largest absolute Gasteiger partial charge is 0.387 e. The topological polar surface area (TPSA) is 59.7 Å². The number of rotatable bonds is 3. The number of halogens is 2. The SMILES string of the molecule is CN/C(=C(/Br)C=N)c1cc(Cl)cc(C)c1C#N. The Kier molecular flexibility index (Phi) is 4.73. The van der Waals surface area contributed by atoms with Gasteiger partial charge in [0.05, 0.1) is 15.7 Å². The van der Waals surface area contributed by atoms with E-state index < -0.39 is 0 Å². The van der Waals surface area contributed by atoms with Crippen LogP contribution in [0.5, 0.6) is 0 Å². The lowest BCUT2D eigenvalue weighted by Crippen LogP contribution is -2.09. The summed E-state index contributed by atoms with van der Waals surface area (Å²) in [6.07, 6.45) is 1.17. The van der Waals surface area contributed by atoms with Gasteiger partial charge in [-0.3, -0.25) is 0 Å². The molecule has 0 aliphatic heterocycles. The second kappa shape index (κ2) is 5.85. The molecule has 0 bridgehead atoms. The highest BCUT2D eigenvalue weighted by atomic mass is 79.9. The van der Waals surface area contributed by atoms with Crippen LogP contribution in [0.3, 0.4) is 0 Å². The van der Waals surface area contributed by atoms with E-state index in [1.807, 2.05) is 6.92 Å². The van der Waals surface area contributed by atoms with Crippen molar-refractivity contribution in [2.24, 2.45) is 0 Å². The third kappa shape index (κ3) is 2.87. The van der Waals surface area contributed by atoms with E-state index in [1.54, 1.807) is 19.2 Å². The monoisotopic (exact) mass is 311 g/mol. The number of hydrogen-bond donors (Lipinski definition) is 2. The van der Waals surface area contributed by atoms with Gasteiger partial charge in [0.25, 0.3) is 0 Å². The normalized spacial score (nSPS) is 11.5. The summed E-state index contributed by atoms with van der Waals surface area (Å²) in [7, 11) is 1.73. The molecule has 0 saturated carbocycles. The molecule has 0 aliphatic carbocycles. The van der Waals surface area contributed by atoms with Crippen LogP contribution in [0.4, 0.5) is 0 Å². The minimum absolute atomic E-state index is 0.553. The van der Waals surface area contributed by atoms with Gasteiger partial charge >= 0.3 is 0 Å². The van der Waals surface area contributed by atoms with Crippen molar-refractivity contribution in [2.75, 3.05) is 7.05 Å². The highest BCUT2D eigenvalue weighted by Gasteiger charge is 2.13. The van der Waals surface area contributed by atoms with E-state index in [0.717, 1.165) is 5.56 Å². The van der Waals surface area contributed by atoms with Crippen molar-refractivity contribution in [1.29, 1.82) is 10.7 Å². The molecule has 17 heavy (non-hydrogen) atoms. The molecule has 0 spiro atoms. The predicted octanol–water partition coefficient (Wildman–Crippen LogP) is 3.45. The van der Waals surface area contributed by atoms with Gasteiger partial charge in [0.15, 0.2) is 0 Å². The fourth-order valence-electron chi connectivity index (χ4n) is 1.54. The number of aryl methyl sites for hydroxylation is 1. The van der Waals surface area contributed by atoms with E-state index >= 15 is 0 Å². The highest BCUT2D eigenvalue weighted by Crippen LogP contribution is 2.27. The molecule has 3 nitrogen and oxygen atoms in total. The van der Waals surface area contributed by atoms with Crippen molar-refractivity contribution in [3.63, 3.8) is 0 Å². The van der Waals surface area contributed by atoms with E-state index in [1.165, 1.54) is 6.21 Å². The molecule has 0 fully saturated rings. The van der Waals surface area contributed by atoms with Crippen LogP contribution in [0.1, 0.15) is 16.7 Å². The van der Waals surface area contributed by atoms with Crippen LogP contribution in [0, 0.1) is 23.7 Å². The first kappa shape index (κ1) is 13.8. The molecule has 2 N–H and O–H groups in total. The third-order valence-corrected chi connectivity index (χ3v) is 3.14. The van der Waals surface area contributed by atoms with E-state index in [0.29, 0.717) is 26.3 Å². The van der Waals surface area contributed by atoms with Crippen LogP contribution < -0.4 is 5.32 Å². The number of nitrogens with one attached hydrogen (secondary N) is 2. The molecule has 1 rings (SSSR count). The maximum absolute atomic E-state index is 9.17. The van der Waals surface area contributed by atoms with Crippen LogP contribution in [0.15, 0.2) is 16.6 Å². The second-order valence-electron chi connectivity index (χ2n) is 3.37. The third-order valence-electron chi connectivity index (χ3n) is 2.30. The Hall–Kier alpha value is -1.31. The number of nitriles is 1. The zero-order chi connectivity index (χ0) is 13.0. The summed E-state index contributed by atoms with van der Waals surface area (Å²) in [5.41, 5.74) is 2.73. The Labute approximate surface area is 114 Å². The quantitative estimate of drug-likeness (QED) is 0.840. The molecule has 0 unspecified atom stereocenters. The van der Waals surface area contributed by atoms with Crippen molar-refractivity contribution >= 4 is 39.4 Å². The van der Waals surface area contributed by atoms with Gasteiger partial charge in [0, 0.05) is 23.8 Å². The van der Waals surface area contributed by atoms with E-state index in [-0.39, 0.29) is 0 Å². The highest BCUT2D eigenvalue weighted by molar-refractivity contribution is 9.12. The van der Waals surface area contributed by atoms with Crippen LogP contribution in [-0.4, -0.2) is 13.3 Å². The van der Waals surface area contributed by atoms with E-state index in [9.17, 15) is 5.26 Å². The summed E-state index contributed by atoms with van der Waals surface area (Å²) in [6.45, 7) is 1.83. The summed E-state index contributed by atoms with van der Waals surface area (Å²) in [6, 6.07) is 5.61. The van der Waals surface area contributed by atoms with Gasteiger partial charge in [0.1, 0.15) is 6.07 Å². The van der Waals surface area contributed by atoms with Crippen molar-refractivity contribution in [3.8, 4) is 6.07 Å². The number of hydrogen-bond acceptors (Lipinski definition) is 3. The maximum Gasteiger partial charge on any atom is 0.100 e. The molecular weight excluding hydrogens is 302 g/mol. The average molecular weight is 313 g/mol. The molecule has 1 aromatic carbocycles. The smallest absolute Gasteiger partial charge is 0.100 e.